The first kappa shape index (κ1) is 16.3. The summed E-state index contributed by atoms with van der Waals surface area (Å²) in [6.07, 6.45) is 0. The van der Waals surface area contributed by atoms with Crippen LogP contribution in [0.4, 0.5) is 5.69 Å². The van der Waals surface area contributed by atoms with Gasteiger partial charge in [-0.05, 0) is 24.3 Å². The number of carbonyl (C=O) groups is 1. The van der Waals surface area contributed by atoms with Gasteiger partial charge in [-0.25, -0.2) is 0 Å². The Balaban J connectivity index is 1.44. The molecule has 1 heterocycles. The number of hydrogen-bond donors (Lipinski definition) is 1. The molecule has 2 aromatic rings. The lowest BCUT2D eigenvalue weighted by atomic mass is 10.1. The molecule has 2 N–H and O–H groups in total. The fraction of sp³-hybridized carbons (Fsp3) is 0.316. The van der Waals surface area contributed by atoms with Crippen molar-refractivity contribution >= 4 is 11.6 Å². The molecule has 0 radical (unpaired) electrons. The van der Waals surface area contributed by atoms with Crippen molar-refractivity contribution in [2.24, 2.45) is 0 Å². The molecule has 0 aliphatic carbocycles. The standard InChI is InChI=1S/C19H23N3O2/c20-18-9-5-4-8-17(18)19(23)22-12-10-21(11-13-22)14-15-24-16-6-2-1-3-7-16/h1-9H,10-15,20H2. The molecule has 0 spiro atoms. The van der Waals surface area contributed by atoms with Gasteiger partial charge in [0.05, 0.1) is 5.56 Å². The Morgan fingerprint density at radius 2 is 1.62 bits per heavy atom. The monoisotopic (exact) mass is 325 g/mol. The number of nitrogens with two attached hydrogens (primary N) is 1. The van der Waals surface area contributed by atoms with Crippen molar-refractivity contribution < 1.29 is 9.53 Å². The van der Waals surface area contributed by atoms with Crippen LogP contribution < -0.4 is 10.5 Å². The average Bonchev–Trinajstić information content (AvgIpc) is 2.63. The van der Waals surface area contributed by atoms with Gasteiger partial charge in [0, 0.05) is 38.4 Å². The number of nitrogen functional groups attached to an aromatic ring is 1. The van der Waals surface area contributed by atoms with E-state index in [9.17, 15) is 4.79 Å². The number of carbonyl (C=O) groups excluding carboxylic acids is 1. The van der Waals surface area contributed by atoms with E-state index in [1.54, 1.807) is 12.1 Å². The summed E-state index contributed by atoms with van der Waals surface area (Å²) in [6.45, 7) is 4.68. The van der Waals surface area contributed by atoms with E-state index < -0.39 is 0 Å². The maximum Gasteiger partial charge on any atom is 0.256 e. The Morgan fingerprint density at radius 3 is 2.33 bits per heavy atom. The van der Waals surface area contributed by atoms with Crippen LogP contribution in [-0.4, -0.2) is 55.0 Å². The van der Waals surface area contributed by atoms with Crippen LogP contribution in [-0.2, 0) is 0 Å². The fourth-order valence-corrected chi connectivity index (χ4v) is 2.85. The van der Waals surface area contributed by atoms with E-state index in [-0.39, 0.29) is 5.91 Å². The maximum absolute atomic E-state index is 12.5. The molecule has 0 aromatic heterocycles. The van der Waals surface area contributed by atoms with Crippen LogP contribution in [0.1, 0.15) is 10.4 Å². The van der Waals surface area contributed by atoms with Gasteiger partial charge in [-0.15, -0.1) is 0 Å². The van der Waals surface area contributed by atoms with E-state index in [4.69, 9.17) is 10.5 Å². The fourth-order valence-electron chi connectivity index (χ4n) is 2.85. The lowest BCUT2D eigenvalue weighted by Gasteiger charge is -2.34. The Hall–Kier alpha value is -2.53. The zero-order valence-corrected chi connectivity index (χ0v) is 13.7. The molecule has 5 heteroatoms. The maximum atomic E-state index is 12.5. The van der Waals surface area contributed by atoms with Gasteiger partial charge in [-0.3, -0.25) is 9.69 Å². The van der Waals surface area contributed by atoms with Gasteiger partial charge in [-0.1, -0.05) is 30.3 Å². The van der Waals surface area contributed by atoms with Crippen LogP contribution in [0.3, 0.4) is 0 Å². The molecule has 24 heavy (non-hydrogen) atoms. The molecule has 0 bridgehead atoms. The lowest BCUT2D eigenvalue weighted by Crippen LogP contribution is -2.49. The summed E-state index contributed by atoms with van der Waals surface area (Å²) >= 11 is 0. The second kappa shape index (κ2) is 7.84. The second-order valence-corrected chi connectivity index (χ2v) is 5.88. The number of benzene rings is 2. The molecule has 0 atom stereocenters. The highest BCUT2D eigenvalue weighted by atomic mass is 16.5. The Bertz CT molecular complexity index is 667. The molecule has 0 unspecified atom stereocenters. The first-order valence-electron chi connectivity index (χ1n) is 8.28. The van der Waals surface area contributed by atoms with Gasteiger partial charge in [0.2, 0.25) is 0 Å². The first-order chi connectivity index (χ1) is 11.7. The van der Waals surface area contributed by atoms with E-state index in [1.165, 1.54) is 0 Å². The number of rotatable bonds is 5. The van der Waals surface area contributed by atoms with Crippen LogP contribution in [0, 0.1) is 0 Å². The molecule has 1 aliphatic rings. The van der Waals surface area contributed by atoms with E-state index in [1.807, 2.05) is 47.4 Å². The number of piperazine rings is 1. The third-order valence-corrected chi connectivity index (χ3v) is 4.27. The zero-order chi connectivity index (χ0) is 16.8. The molecular weight excluding hydrogens is 302 g/mol. The number of ether oxygens (including phenoxy) is 1. The molecule has 2 aromatic carbocycles. The normalized spacial score (nSPS) is 15.2. The quantitative estimate of drug-likeness (QED) is 0.856. The highest BCUT2D eigenvalue weighted by Gasteiger charge is 2.23. The van der Waals surface area contributed by atoms with Crippen LogP contribution in [0.15, 0.2) is 54.6 Å². The van der Waals surface area contributed by atoms with Crippen molar-refractivity contribution in [3.8, 4) is 5.75 Å². The minimum absolute atomic E-state index is 0.0216. The number of hydrogen-bond acceptors (Lipinski definition) is 4. The van der Waals surface area contributed by atoms with Crippen LogP contribution in [0.2, 0.25) is 0 Å². The molecule has 1 fully saturated rings. The summed E-state index contributed by atoms with van der Waals surface area (Å²) in [4.78, 5) is 16.7. The molecule has 1 aliphatic heterocycles. The van der Waals surface area contributed by atoms with Gasteiger partial charge in [0.25, 0.3) is 5.91 Å². The summed E-state index contributed by atoms with van der Waals surface area (Å²) in [7, 11) is 0. The van der Waals surface area contributed by atoms with Crippen molar-refractivity contribution in [1.82, 2.24) is 9.80 Å². The van der Waals surface area contributed by atoms with Crippen molar-refractivity contribution in [3.63, 3.8) is 0 Å². The van der Waals surface area contributed by atoms with Crippen molar-refractivity contribution in [3.05, 3.63) is 60.2 Å². The third kappa shape index (κ3) is 4.06. The van der Waals surface area contributed by atoms with Gasteiger partial charge in [0.15, 0.2) is 0 Å². The second-order valence-electron chi connectivity index (χ2n) is 5.88. The van der Waals surface area contributed by atoms with Crippen molar-refractivity contribution in [2.45, 2.75) is 0 Å². The first-order valence-corrected chi connectivity index (χ1v) is 8.28. The summed E-state index contributed by atoms with van der Waals surface area (Å²) in [5, 5.41) is 0. The minimum atomic E-state index is 0.0216. The SMILES string of the molecule is Nc1ccccc1C(=O)N1CCN(CCOc2ccccc2)CC1. The van der Waals surface area contributed by atoms with Crippen molar-refractivity contribution in [2.75, 3.05) is 45.1 Å². The molecule has 126 valence electrons. The summed E-state index contributed by atoms with van der Waals surface area (Å²) in [5.74, 6) is 0.916. The molecular formula is C19H23N3O2. The predicted octanol–water partition coefficient (Wildman–Crippen LogP) is 2.11. The number of para-hydroxylation sites is 2. The molecule has 1 saturated heterocycles. The van der Waals surface area contributed by atoms with Gasteiger partial charge >= 0.3 is 0 Å². The molecule has 5 nitrogen and oxygen atoms in total. The van der Waals surface area contributed by atoms with Gasteiger partial charge in [-0.2, -0.15) is 0 Å². The van der Waals surface area contributed by atoms with Crippen molar-refractivity contribution in [1.29, 1.82) is 0 Å². The zero-order valence-electron chi connectivity index (χ0n) is 13.7. The van der Waals surface area contributed by atoms with E-state index in [0.717, 1.165) is 38.5 Å². The lowest BCUT2D eigenvalue weighted by molar-refractivity contribution is 0.0621. The van der Waals surface area contributed by atoms with E-state index >= 15 is 0 Å². The molecule has 1 amide bonds. The highest BCUT2D eigenvalue weighted by molar-refractivity contribution is 5.99. The topological polar surface area (TPSA) is 58.8 Å². The number of anilines is 1. The smallest absolute Gasteiger partial charge is 0.256 e. The third-order valence-electron chi connectivity index (χ3n) is 4.27. The summed E-state index contributed by atoms with van der Waals surface area (Å²) in [5.41, 5.74) is 7.04. The van der Waals surface area contributed by atoms with Crippen LogP contribution in [0.25, 0.3) is 0 Å². The summed E-state index contributed by atoms with van der Waals surface area (Å²) < 4.78 is 5.73. The van der Waals surface area contributed by atoms with E-state index in [0.29, 0.717) is 17.9 Å². The minimum Gasteiger partial charge on any atom is -0.492 e. The largest absolute Gasteiger partial charge is 0.492 e. The molecule has 3 rings (SSSR count). The van der Waals surface area contributed by atoms with Crippen LogP contribution in [0.5, 0.6) is 5.75 Å². The number of amides is 1. The Morgan fingerprint density at radius 1 is 0.958 bits per heavy atom. The summed E-state index contributed by atoms with van der Waals surface area (Å²) in [6, 6.07) is 17.1. The highest BCUT2D eigenvalue weighted by Crippen LogP contribution is 2.15. The Labute approximate surface area is 142 Å². The molecule has 0 saturated carbocycles. The predicted molar refractivity (Wildman–Crippen MR) is 95.1 cm³/mol. The average molecular weight is 325 g/mol. The van der Waals surface area contributed by atoms with Gasteiger partial charge in [0.1, 0.15) is 12.4 Å². The van der Waals surface area contributed by atoms with Gasteiger partial charge < -0.3 is 15.4 Å². The number of nitrogens with zero attached hydrogens (tertiary/aromatic N) is 2. The van der Waals surface area contributed by atoms with Crippen LogP contribution >= 0.6 is 0 Å². The van der Waals surface area contributed by atoms with E-state index in [2.05, 4.69) is 4.90 Å². The Kier molecular flexibility index (Phi) is 5.33.